The van der Waals surface area contributed by atoms with E-state index in [0.29, 0.717) is 25.6 Å². The van der Waals surface area contributed by atoms with Gasteiger partial charge in [-0.1, -0.05) is 24.3 Å². The Labute approximate surface area is 174 Å². The van der Waals surface area contributed by atoms with Gasteiger partial charge in [0.25, 0.3) is 0 Å². The fraction of sp³-hybridized carbons (Fsp3) is 0.619. The second-order valence-electron chi connectivity index (χ2n) is 7.94. The number of morpholine rings is 1. The topological polar surface area (TPSA) is 87.2 Å². The number of guanidine groups is 1. The summed E-state index contributed by atoms with van der Waals surface area (Å²) >= 11 is 0. The van der Waals surface area contributed by atoms with Crippen molar-refractivity contribution < 1.29 is 14.3 Å². The molecule has 1 aromatic carbocycles. The molecule has 1 heterocycles. The van der Waals surface area contributed by atoms with Crippen molar-refractivity contribution in [2.45, 2.75) is 39.5 Å². The van der Waals surface area contributed by atoms with Gasteiger partial charge >= 0.3 is 6.09 Å². The number of hydrogen-bond acceptors (Lipinski definition) is 5. The van der Waals surface area contributed by atoms with Gasteiger partial charge in [-0.15, -0.1) is 0 Å². The summed E-state index contributed by atoms with van der Waals surface area (Å²) in [6, 6.07) is 8.45. The summed E-state index contributed by atoms with van der Waals surface area (Å²) in [6.07, 6.45) is -0.417. The van der Waals surface area contributed by atoms with Crippen molar-refractivity contribution in [2.24, 2.45) is 4.99 Å². The van der Waals surface area contributed by atoms with E-state index >= 15 is 0 Å². The van der Waals surface area contributed by atoms with Crippen LogP contribution in [0.15, 0.2) is 29.3 Å². The standard InChI is InChI=1S/C21H35N5O3/c1-21(2,3)29-20(27)24-10-9-23-19(22-4)25-15-17-7-5-6-8-18(17)16-26-11-13-28-14-12-26/h5-8H,9-16H2,1-4H3,(H,24,27)(H2,22,23,25). The molecule has 1 aliphatic heterocycles. The molecule has 0 unspecified atom stereocenters. The van der Waals surface area contributed by atoms with Crippen LogP contribution < -0.4 is 16.0 Å². The molecule has 8 nitrogen and oxygen atoms in total. The molecule has 0 spiro atoms. The summed E-state index contributed by atoms with van der Waals surface area (Å²) in [5.74, 6) is 0.692. The van der Waals surface area contributed by atoms with E-state index in [2.05, 4.69) is 50.1 Å². The molecule has 1 aliphatic rings. The minimum absolute atomic E-state index is 0.417. The molecule has 8 heteroatoms. The van der Waals surface area contributed by atoms with Gasteiger partial charge in [-0.2, -0.15) is 0 Å². The molecule has 29 heavy (non-hydrogen) atoms. The van der Waals surface area contributed by atoms with Gasteiger partial charge in [-0.3, -0.25) is 9.89 Å². The van der Waals surface area contributed by atoms with Gasteiger partial charge in [0, 0.05) is 46.3 Å². The number of ether oxygens (including phenoxy) is 2. The monoisotopic (exact) mass is 405 g/mol. The molecule has 1 amide bonds. The highest BCUT2D eigenvalue weighted by atomic mass is 16.6. The lowest BCUT2D eigenvalue weighted by molar-refractivity contribution is 0.0340. The molecule has 2 rings (SSSR count). The summed E-state index contributed by atoms with van der Waals surface area (Å²) in [5, 5.41) is 9.27. The van der Waals surface area contributed by atoms with Crippen LogP contribution in [-0.2, 0) is 22.6 Å². The minimum atomic E-state index is -0.496. The Morgan fingerprint density at radius 2 is 1.76 bits per heavy atom. The predicted molar refractivity (Wildman–Crippen MR) is 115 cm³/mol. The van der Waals surface area contributed by atoms with Gasteiger partial charge in [0.1, 0.15) is 5.60 Å². The van der Waals surface area contributed by atoms with Crippen molar-refractivity contribution in [3.05, 3.63) is 35.4 Å². The van der Waals surface area contributed by atoms with E-state index in [-0.39, 0.29) is 0 Å². The van der Waals surface area contributed by atoms with Crippen molar-refractivity contribution >= 4 is 12.1 Å². The lowest BCUT2D eigenvalue weighted by Gasteiger charge is -2.27. The first-order valence-electron chi connectivity index (χ1n) is 10.2. The largest absolute Gasteiger partial charge is 0.444 e. The van der Waals surface area contributed by atoms with Crippen LogP contribution in [0.2, 0.25) is 0 Å². The number of benzene rings is 1. The van der Waals surface area contributed by atoms with Crippen LogP contribution in [-0.4, -0.2) is 69.0 Å². The predicted octanol–water partition coefficient (Wildman–Crippen LogP) is 1.71. The first kappa shape index (κ1) is 23.0. The molecule has 3 N–H and O–H groups in total. The van der Waals surface area contributed by atoms with Gasteiger partial charge < -0.3 is 25.4 Å². The first-order chi connectivity index (χ1) is 13.9. The quantitative estimate of drug-likeness (QED) is 0.364. The summed E-state index contributed by atoms with van der Waals surface area (Å²) in [7, 11) is 1.73. The van der Waals surface area contributed by atoms with E-state index in [4.69, 9.17) is 9.47 Å². The van der Waals surface area contributed by atoms with Crippen molar-refractivity contribution in [3.63, 3.8) is 0 Å². The van der Waals surface area contributed by atoms with Gasteiger partial charge in [0.2, 0.25) is 0 Å². The third-order valence-electron chi connectivity index (χ3n) is 4.37. The molecule has 0 bridgehead atoms. The zero-order valence-corrected chi connectivity index (χ0v) is 18.1. The highest BCUT2D eigenvalue weighted by molar-refractivity contribution is 5.79. The number of carbonyl (C=O) groups is 1. The Balaban J connectivity index is 1.75. The summed E-state index contributed by atoms with van der Waals surface area (Å²) in [4.78, 5) is 18.3. The second kappa shape index (κ2) is 11.6. The maximum Gasteiger partial charge on any atom is 0.407 e. The van der Waals surface area contributed by atoms with Crippen LogP contribution in [0, 0.1) is 0 Å². The minimum Gasteiger partial charge on any atom is -0.444 e. The third-order valence-corrected chi connectivity index (χ3v) is 4.37. The lowest BCUT2D eigenvalue weighted by atomic mass is 10.1. The average Bonchev–Trinajstić information content (AvgIpc) is 2.68. The van der Waals surface area contributed by atoms with E-state index in [9.17, 15) is 4.79 Å². The second-order valence-corrected chi connectivity index (χ2v) is 7.94. The highest BCUT2D eigenvalue weighted by Crippen LogP contribution is 2.13. The van der Waals surface area contributed by atoms with Gasteiger partial charge in [-0.05, 0) is 31.9 Å². The Kier molecular flexibility index (Phi) is 9.21. The van der Waals surface area contributed by atoms with Crippen LogP contribution in [0.4, 0.5) is 4.79 Å². The smallest absolute Gasteiger partial charge is 0.407 e. The van der Waals surface area contributed by atoms with Crippen LogP contribution >= 0.6 is 0 Å². The Hall–Kier alpha value is -2.32. The number of nitrogens with one attached hydrogen (secondary N) is 3. The Bertz CT molecular complexity index is 667. The molecule has 1 fully saturated rings. The number of aliphatic imine (C=N–C) groups is 1. The molecule has 0 aromatic heterocycles. The van der Waals surface area contributed by atoms with E-state index in [1.807, 2.05) is 20.8 Å². The third kappa shape index (κ3) is 9.15. The zero-order chi connectivity index (χ0) is 21.1. The average molecular weight is 406 g/mol. The molecular weight excluding hydrogens is 370 g/mol. The first-order valence-corrected chi connectivity index (χ1v) is 10.2. The lowest BCUT2D eigenvalue weighted by Crippen LogP contribution is -2.42. The number of nitrogens with zero attached hydrogens (tertiary/aromatic N) is 2. The van der Waals surface area contributed by atoms with E-state index in [0.717, 1.165) is 32.8 Å². The number of amides is 1. The van der Waals surface area contributed by atoms with Gasteiger partial charge in [0.05, 0.1) is 13.2 Å². The fourth-order valence-corrected chi connectivity index (χ4v) is 2.94. The van der Waals surface area contributed by atoms with E-state index < -0.39 is 11.7 Å². The maximum absolute atomic E-state index is 11.7. The molecule has 162 valence electrons. The van der Waals surface area contributed by atoms with Crippen molar-refractivity contribution in [3.8, 4) is 0 Å². The fourth-order valence-electron chi connectivity index (χ4n) is 2.94. The number of alkyl carbamates (subject to hydrolysis) is 1. The summed E-state index contributed by atoms with van der Waals surface area (Å²) in [6.45, 7) is 11.7. The number of carbonyl (C=O) groups excluding carboxylic acids is 1. The van der Waals surface area contributed by atoms with Gasteiger partial charge in [-0.25, -0.2) is 4.79 Å². The SMILES string of the molecule is CN=C(NCCNC(=O)OC(C)(C)C)NCc1ccccc1CN1CCOCC1. The molecule has 0 aliphatic carbocycles. The van der Waals surface area contributed by atoms with Crippen molar-refractivity contribution in [1.29, 1.82) is 0 Å². The highest BCUT2D eigenvalue weighted by Gasteiger charge is 2.15. The van der Waals surface area contributed by atoms with Crippen molar-refractivity contribution in [2.75, 3.05) is 46.4 Å². The normalized spacial score (nSPS) is 15.7. The van der Waals surface area contributed by atoms with Crippen LogP contribution in [0.25, 0.3) is 0 Å². The van der Waals surface area contributed by atoms with Crippen LogP contribution in [0.5, 0.6) is 0 Å². The van der Waals surface area contributed by atoms with Gasteiger partial charge in [0.15, 0.2) is 5.96 Å². The maximum atomic E-state index is 11.7. The molecule has 0 atom stereocenters. The molecule has 1 aromatic rings. The zero-order valence-electron chi connectivity index (χ0n) is 18.1. The number of rotatable bonds is 7. The molecular formula is C21H35N5O3. The molecule has 1 saturated heterocycles. The van der Waals surface area contributed by atoms with Crippen molar-refractivity contribution in [1.82, 2.24) is 20.9 Å². The van der Waals surface area contributed by atoms with E-state index in [1.165, 1.54) is 11.1 Å². The summed E-state index contributed by atoms with van der Waals surface area (Å²) in [5.41, 5.74) is 2.06. The van der Waals surface area contributed by atoms with E-state index in [1.54, 1.807) is 7.05 Å². The van der Waals surface area contributed by atoms with Crippen LogP contribution in [0.3, 0.4) is 0 Å². The summed E-state index contributed by atoms with van der Waals surface area (Å²) < 4.78 is 10.7. The molecule has 0 radical (unpaired) electrons. The Morgan fingerprint density at radius 3 is 2.41 bits per heavy atom. The Morgan fingerprint density at radius 1 is 1.10 bits per heavy atom. The van der Waals surface area contributed by atoms with Crippen LogP contribution in [0.1, 0.15) is 31.9 Å². The number of hydrogen-bond donors (Lipinski definition) is 3. The molecule has 0 saturated carbocycles.